The van der Waals surface area contributed by atoms with E-state index in [0.29, 0.717) is 0 Å². The van der Waals surface area contributed by atoms with Crippen LogP contribution in [0.1, 0.15) is 59.3 Å². The van der Waals surface area contributed by atoms with Gasteiger partial charge in [0.15, 0.2) is 0 Å². The summed E-state index contributed by atoms with van der Waals surface area (Å²) in [6.45, 7) is 6.55. The molecule has 0 aromatic heterocycles. The number of amides is 1. The van der Waals surface area contributed by atoms with Crippen LogP contribution in [0.2, 0.25) is 0 Å². The molecule has 1 aliphatic carbocycles. The van der Waals surface area contributed by atoms with Crippen molar-refractivity contribution in [2.45, 2.75) is 76.5 Å². The molecule has 1 saturated heterocycles. The van der Waals surface area contributed by atoms with Crippen molar-refractivity contribution >= 4 is 6.09 Å². The van der Waals surface area contributed by atoms with Crippen molar-refractivity contribution in [3.8, 4) is 0 Å². The van der Waals surface area contributed by atoms with Gasteiger partial charge in [-0.1, -0.05) is 19.3 Å². The maximum absolute atomic E-state index is 11.7. The molecule has 2 fully saturated rings. The zero-order valence-electron chi connectivity index (χ0n) is 11.8. The number of rotatable bonds is 1. The van der Waals surface area contributed by atoms with Crippen LogP contribution in [-0.2, 0) is 4.74 Å². The highest BCUT2D eigenvalue weighted by molar-refractivity contribution is 5.68. The lowest BCUT2D eigenvalue weighted by molar-refractivity contribution is 0.0506. The Morgan fingerprint density at radius 2 is 1.94 bits per heavy atom. The highest BCUT2D eigenvalue weighted by Crippen LogP contribution is 2.35. The van der Waals surface area contributed by atoms with E-state index in [4.69, 9.17) is 4.74 Å². The van der Waals surface area contributed by atoms with Crippen LogP contribution in [0.25, 0.3) is 0 Å². The van der Waals surface area contributed by atoms with Gasteiger partial charge in [-0.25, -0.2) is 4.79 Å². The number of ether oxygens (including phenoxy) is 1. The third-order valence-corrected chi connectivity index (χ3v) is 3.89. The number of nitrogens with one attached hydrogen (secondary N) is 2. The quantitative estimate of drug-likeness (QED) is 0.756. The largest absolute Gasteiger partial charge is 0.444 e. The first-order chi connectivity index (χ1) is 8.39. The van der Waals surface area contributed by atoms with E-state index in [9.17, 15) is 4.79 Å². The van der Waals surface area contributed by atoms with E-state index in [1.807, 2.05) is 20.8 Å². The van der Waals surface area contributed by atoms with Gasteiger partial charge in [-0.2, -0.15) is 0 Å². The summed E-state index contributed by atoms with van der Waals surface area (Å²) in [5, 5.41) is 6.60. The molecule has 1 aliphatic heterocycles. The molecule has 1 unspecified atom stereocenters. The second-order valence-electron chi connectivity index (χ2n) is 6.77. The molecule has 1 amide bonds. The molecule has 0 aromatic carbocycles. The van der Waals surface area contributed by atoms with E-state index in [2.05, 4.69) is 10.6 Å². The summed E-state index contributed by atoms with van der Waals surface area (Å²) >= 11 is 0. The van der Waals surface area contributed by atoms with Crippen LogP contribution in [0.5, 0.6) is 0 Å². The fourth-order valence-electron chi connectivity index (χ4n) is 3.14. The van der Waals surface area contributed by atoms with Gasteiger partial charge in [0, 0.05) is 18.1 Å². The zero-order chi connectivity index (χ0) is 13.2. The standard InChI is InChI=1S/C14H26N2O2/c1-13(2,3)18-12(17)16-11-9-14(15-10-11)7-5-4-6-8-14/h11,15H,4-10H2,1-3H3,(H,16,17). The summed E-state index contributed by atoms with van der Waals surface area (Å²) in [6.07, 6.45) is 7.24. The predicted octanol–water partition coefficient (Wildman–Crippen LogP) is 2.58. The van der Waals surface area contributed by atoms with Crippen LogP contribution < -0.4 is 10.6 Å². The van der Waals surface area contributed by atoms with Crippen molar-refractivity contribution in [3.63, 3.8) is 0 Å². The first kappa shape index (κ1) is 13.7. The third-order valence-electron chi connectivity index (χ3n) is 3.89. The van der Waals surface area contributed by atoms with E-state index in [0.717, 1.165) is 13.0 Å². The van der Waals surface area contributed by atoms with Crippen molar-refractivity contribution in [3.05, 3.63) is 0 Å². The molecule has 2 N–H and O–H groups in total. The predicted molar refractivity (Wildman–Crippen MR) is 71.6 cm³/mol. The van der Waals surface area contributed by atoms with Crippen molar-refractivity contribution in [1.29, 1.82) is 0 Å². The van der Waals surface area contributed by atoms with Gasteiger partial charge in [-0.05, 0) is 40.0 Å². The second-order valence-corrected chi connectivity index (χ2v) is 6.77. The minimum atomic E-state index is -0.418. The summed E-state index contributed by atoms with van der Waals surface area (Å²) in [5.74, 6) is 0. The molecule has 104 valence electrons. The van der Waals surface area contributed by atoms with Crippen molar-refractivity contribution in [1.82, 2.24) is 10.6 Å². The molecule has 4 nitrogen and oxygen atoms in total. The Balaban J connectivity index is 1.80. The topological polar surface area (TPSA) is 50.4 Å². The van der Waals surface area contributed by atoms with Crippen LogP contribution in [-0.4, -0.2) is 29.8 Å². The Labute approximate surface area is 110 Å². The van der Waals surface area contributed by atoms with Crippen molar-refractivity contribution in [2.75, 3.05) is 6.54 Å². The lowest BCUT2D eigenvalue weighted by Crippen LogP contribution is -2.41. The molecule has 18 heavy (non-hydrogen) atoms. The van der Waals surface area contributed by atoms with Gasteiger partial charge in [0.1, 0.15) is 5.60 Å². The fraction of sp³-hybridized carbons (Fsp3) is 0.929. The van der Waals surface area contributed by atoms with Gasteiger partial charge >= 0.3 is 6.09 Å². The van der Waals surface area contributed by atoms with Gasteiger partial charge in [0.05, 0.1) is 0 Å². The van der Waals surface area contributed by atoms with E-state index >= 15 is 0 Å². The zero-order valence-corrected chi connectivity index (χ0v) is 11.8. The third kappa shape index (κ3) is 3.61. The Bertz CT molecular complexity index is 303. The first-order valence-corrected chi connectivity index (χ1v) is 7.13. The van der Waals surface area contributed by atoms with Gasteiger partial charge in [0.25, 0.3) is 0 Å². The van der Waals surface area contributed by atoms with Crippen molar-refractivity contribution < 1.29 is 9.53 Å². The summed E-state index contributed by atoms with van der Waals surface area (Å²) in [4.78, 5) is 11.7. The Morgan fingerprint density at radius 1 is 1.28 bits per heavy atom. The smallest absolute Gasteiger partial charge is 0.407 e. The van der Waals surface area contributed by atoms with Gasteiger partial charge in [-0.15, -0.1) is 0 Å². The van der Waals surface area contributed by atoms with E-state index in [1.165, 1.54) is 32.1 Å². The molecule has 1 atom stereocenters. The minimum Gasteiger partial charge on any atom is -0.444 e. The lowest BCUT2D eigenvalue weighted by Gasteiger charge is -2.33. The molecule has 1 spiro atoms. The SMILES string of the molecule is CC(C)(C)OC(=O)NC1CNC2(CCCCC2)C1. The molecule has 1 heterocycles. The maximum Gasteiger partial charge on any atom is 0.407 e. The highest BCUT2D eigenvalue weighted by atomic mass is 16.6. The summed E-state index contributed by atoms with van der Waals surface area (Å²) in [5.41, 5.74) is -0.128. The average molecular weight is 254 g/mol. The summed E-state index contributed by atoms with van der Waals surface area (Å²) < 4.78 is 5.30. The molecule has 1 saturated carbocycles. The molecule has 2 aliphatic rings. The Morgan fingerprint density at radius 3 is 2.56 bits per heavy atom. The molecule has 0 bridgehead atoms. The van der Waals surface area contributed by atoms with Crippen molar-refractivity contribution in [2.24, 2.45) is 0 Å². The summed E-state index contributed by atoms with van der Waals surface area (Å²) in [6, 6.07) is 0.220. The number of carbonyl (C=O) groups is 1. The monoisotopic (exact) mass is 254 g/mol. The Kier molecular flexibility index (Phi) is 3.85. The number of alkyl carbamates (subject to hydrolysis) is 1. The number of hydrogen-bond acceptors (Lipinski definition) is 3. The normalized spacial score (nSPS) is 27.2. The molecular weight excluding hydrogens is 228 g/mol. The van der Waals surface area contributed by atoms with Crippen LogP contribution in [0.15, 0.2) is 0 Å². The van der Waals surface area contributed by atoms with Crippen LogP contribution in [0.3, 0.4) is 0 Å². The van der Waals surface area contributed by atoms with Gasteiger partial charge in [-0.3, -0.25) is 0 Å². The van der Waals surface area contributed by atoms with Crippen LogP contribution >= 0.6 is 0 Å². The first-order valence-electron chi connectivity index (χ1n) is 7.13. The Hall–Kier alpha value is -0.770. The minimum absolute atomic E-state index is 0.220. The highest BCUT2D eigenvalue weighted by Gasteiger charge is 2.40. The number of carbonyl (C=O) groups excluding carboxylic acids is 1. The molecule has 0 radical (unpaired) electrons. The van der Waals surface area contributed by atoms with E-state index in [-0.39, 0.29) is 17.7 Å². The average Bonchev–Trinajstić information content (AvgIpc) is 2.59. The van der Waals surface area contributed by atoms with Crippen LogP contribution in [0, 0.1) is 0 Å². The van der Waals surface area contributed by atoms with Gasteiger partial charge < -0.3 is 15.4 Å². The van der Waals surface area contributed by atoms with Gasteiger partial charge in [0.2, 0.25) is 0 Å². The molecular formula is C14H26N2O2. The van der Waals surface area contributed by atoms with Crippen LogP contribution in [0.4, 0.5) is 4.79 Å². The molecule has 0 aromatic rings. The second kappa shape index (κ2) is 5.08. The molecule has 2 rings (SSSR count). The van der Waals surface area contributed by atoms with E-state index in [1.54, 1.807) is 0 Å². The maximum atomic E-state index is 11.7. The summed E-state index contributed by atoms with van der Waals surface area (Å²) in [7, 11) is 0. The lowest BCUT2D eigenvalue weighted by atomic mass is 9.80. The van der Waals surface area contributed by atoms with E-state index < -0.39 is 5.60 Å². The fourth-order valence-corrected chi connectivity index (χ4v) is 3.14. The molecule has 4 heteroatoms. The number of hydrogen-bond donors (Lipinski definition) is 2.